The molecule has 0 radical (unpaired) electrons. The Morgan fingerprint density at radius 3 is 2.65 bits per heavy atom. The number of fused-ring (bicyclic) bond motifs is 1. The number of benzene rings is 1. The Labute approximate surface area is 152 Å². The molecular formula is C19H26N2O5. The van der Waals surface area contributed by atoms with Gasteiger partial charge >= 0.3 is 12.1 Å². The van der Waals surface area contributed by atoms with E-state index in [1.165, 1.54) is 0 Å². The number of hydrogen-bond donors (Lipinski definition) is 3. The molecule has 1 unspecified atom stereocenters. The van der Waals surface area contributed by atoms with Gasteiger partial charge in [-0.25, -0.2) is 4.79 Å². The van der Waals surface area contributed by atoms with Crippen molar-refractivity contribution in [3.63, 3.8) is 0 Å². The molecule has 1 amide bonds. The fourth-order valence-electron chi connectivity index (χ4n) is 2.64. The van der Waals surface area contributed by atoms with Crippen LogP contribution in [0.2, 0.25) is 0 Å². The van der Waals surface area contributed by atoms with Crippen LogP contribution in [-0.2, 0) is 14.3 Å². The molecule has 0 aliphatic heterocycles. The van der Waals surface area contributed by atoms with Crippen molar-refractivity contribution in [3.8, 4) is 0 Å². The fourth-order valence-corrected chi connectivity index (χ4v) is 2.64. The normalized spacial score (nSPS) is 12.7. The number of carbonyl (C=O) groups is 2. The summed E-state index contributed by atoms with van der Waals surface area (Å²) < 4.78 is 10.6. The van der Waals surface area contributed by atoms with Crippen LogP contribution in [0.1, 0.15) is 38.7 Å². The van der Waals surface area contributed by atoms with E-state index in [0.29, 0.717) is 19.6 Å². The molecule has 0 spiro atoms. The first-order chi connectivity index (χ1) is 12.3. The molecule has 3 N–H and O–H groups in total. The van der Waals surface area contributed by atoms with Gasteiger partial charge < -0.3 is 24.9 Å². The molecule has 0 aliphatic rings. The van der Waals surface area contributed by atoms with Crippen LogP contribution in [0.4, 0.5) is 4.79 Å². The SMILES string of the molecule is CC(C)(C)OC(=O)NCCOCCC(C(=O)O)c1c[nH]c2ccccc12. The zero-order chi connectivity index (χ0) is 19.2. The van der Waals surface area contributed by atoms with Gasteiger partial charge in [-0.05, 0) is 38.8 Å². The topological polar surface area (TPSA) is 101 Å². The Balaban J connectivity index is 1.78. The minimum Gasteiger partial charge on any atom is -0.481 e. The second kappa shape index (κ2) is 8.71. The number of hydrogen-bond acceptors (Lipinski definition) is 4. The van der Waals surface area contributed by atoms with Gasteiger partial charge in [-0.3, -0.25) is 4.79 Å². The second-order valence-corrected chi connectivity index (χ2v) is 7.01. The predicted octanol–water partition coefficient (Wildman–Crippen LogP) is 3.27. The first-order valence-electron chi connectivity index (χ1n) is 8.61. The number of aromatic nitrogens is 1. The van der Waals surface area contributed by atoms with Crippen LogP contribution in [0.5, 0.6) is 0 Å². The molecular weight excluding hydrogens is 336 g/mol. The van der Waals surface area contributed by atoms with Gasteiger partial charge in [-0.1, -0.05) is 18.2 Å². The molecule has 1 heterocycles. The Morgan fingerprint density at radius 1 is 1.23 bits per heavy atom. The lowest BCUT2D eigenvalue weighted by atomic mass is 9.96. The maximum Gasteiger partial charge on any atom is 0.407 e. The highest BCUT2D eigenvalue weighted by molar-refractivity contribution is 5.89. The van der Waals surface area contributed by atoms with Crippen molar-refractivity contribution in [2.75, 3.05) is 19.8 Å². The summed E-state index contributed by atoms with van der Waals surface area (Å²) in [5.74, 6) is -1.53. The van der Waals surface area contributed by atoms with Crippen molar-refractivity contribution >= 4 is 23.0 Å². The van der Waals surface area contributed by atoms with Crippen molar-refractivity contribution in [1.29, 1.82) is 0 Å². The van der Waals surface area contributed by atoms with Crippen LogP contribution in [-0.4, -0.2) is 47.5 Å². The highest BCUT2D eigenvalue weighted by Gasteiger charge is 2.22. The molecule has 1 aromatic carbocycles. The lowest BCUT2D eigenvalue weighted by Crippen LogP contribution is -2.34. The molecule has 1 aromatic heterocycles. The van der Waals surface area contributed by atoms with Crippen LogP contribution < -0.4 is 5.32 Å². The third-order valence-electron chi connectivity index (χ3n) is 3.76. The number of carboxylic acid groups (broad SMARTS) is 1. The van der Waals surface area contributed by atoms with E-state index in [2.05, 4.69) is 10.3 Å². The summed E-state index contributed by atoms with van der Waals surface area (Å²) in [6, 6.07) is 7.61. The zero-order valence-electron chi connectivity index (χ0n) is 15.4. The quantitative estimate of drug-likeness (QED) is 0.626. The number of para-hydroxylation sites is 1. The predicted molar refractivity (Wildman–Crippen MR) is 98.3 cm³/mol. The highest BCUT2D eigenvalue weighted by atomic mass is 16.6. The van der Waals surface area contributed by atoms with Gasteiger partial charge in [0, 0.05) is 30.3 Å². The molecule has 2 rings (SSSR count). The summed E-state index contributed by atoms with van der Waals surface area (Å²) in [6.07, 6.45) is 1.60. The van der Waals surface area contributed by atoms with Gasteiger partial charge in [-0.15, -0.1) is 0 Å². The van der Waals surface area contributed by atoms with Crippen LogP contribution in [0.25, 0.3) is 10.9 Å². The molecule has 0 saturated heterocycles. The van der Waals surface area contributed by atoms with Crippen molar-refractivity contribution < 1.29 is 24.2 Å². The molecule has 0 aliphatic carbocycles. The largest absolute Gasteiger partial charge is 0.481 e. The van der Waals surface area contributed by atoms with Gasteiger partial charge in [0.15, 0.2) is 0 Å². The number of rotatable bonds is 8. The first kappa shape index (κ1) is 19.8. The Bertz CT molecular complexity index is 748. The summed E-state index contributed by atoms with van der Waals surface area (Å²) in [5, 5.41) is 13.0. The Morgan fingerprint density at radius 2 is 1.96 bits per heavy atom. The number of ether oxygens (including phenoxy) is 2. The summed E-state index contributed by atoms with van der Waals surface area (Å²) in [4.78, 5) is 26.2. The molecule has 2 aromatic rings. The number of aromatic amines is 1. The number of aliphatic carboxylic acids is 1. The Kier molecular flexibility index (Phi) is 6.63. The minimum atomic E-state index is -0.884. The van der Waals surface area contributed by atoms with Gasteiger partial charge in [0.05, 0.1) is 12.5 Å². The van der Waals surface area contributed by atoms with E-state index in [0.717, 1.165) is 16.5 Å². The second-order valence-electron chi connectivity index (χ2n) is 7.01. The third-order valence-corrected chi connectivity index (χ3v) is 3.76. The minimum absolute atomic E-state index is 0.284. The monoisotopic (exact) mass is 362 g/mol. The van der Waals surface area contributed by atoms with Gasteiger partial charge in [-0.2, -0.15) is 0 Å². The number of alkyl carbamates (subject to hydrolysis) is 1. The van der Waals surface area contributed by atoms with Gasteiger partial charge in [0.25, 0.3) is 0 Å². The summed E-state index contributed by atoms with van der Waals surface area (Å²) in [7, 11) is 0. The summed E-state index contributed by atoms with van der Waals surface area (Å²) >= 11 is 0. The smallest absolute Gasteiger partial charge is 0.407 e. The molecule has 7 nitrogen and oxygen atoms in total. The average Bonchev–Trinajstić information content (AvgIpc) is 2.96. The number of amides is 1. The average molecular weight is 362 g/mol. The lowest BCUT2D eigenvalue weighted by molar-refractivity contribution is -0.139. The number of carbonyl (C=O) groups excluding carboxylic acids is 1. The van der Waals surface area contributed by atoms with E-state index in [9.17, 15) is 14.7 Å². The molecule has 7 heteroatoms. The molecule has 0 saturated carbocycles. The summed E-state index contributed by atoms with van der Waals surface area (Å²) in [6.45, 7) is 6.26. The number of H-pyrrole nitrogens is 1. The first-order valence-corrected chi connectivity index (χ1v) is 8.61. The Hall–Kier alpha value is -2.54. The maximum absolute atomic E-state index is 11.6. The molecule has 0 fully saturated rings. The van der Waals surface area contributed by atoms with Gasteiger partial charge in [0.2, 0.25) is 0 Å². The van der Waals surface area contributed by atoms with Crippen molar-refractivity contribution in [2.24, 2.45) is 0 Å². The van der Waals surface area contributed by atoms with E-state index in [1.807, 2.05) is 24.3 Å². The molecule has 26 heavy (non-hydrogen) atoms. The van der Waals surface area contributed by atoms with Crippen LogP contribution in [0.15, 0.2) is 30.5 Å². The summed E-state index contributed by atoms with van der Waals surface area (Å²) in [5.41, 5.74) is 1.12. The number of nitrogens with one attached hydrogen (secondary N) is 2. The van der Waals surface area contributed by atoms with E-state index in [4.69, 9.17) is 9.47 Å². The van der Waals surface area contributed by atoms with E-state index in [1.54, 1.807) is 27.0 Å². The van der Waals surface area contributed by atoms with Crippen LogP contribution >= 0.6 is 0 Å². The van der Waals surface area contributed by atoms with Crippen LogP contribution in [0, 0.1) is 0 Å². The van der Waals surface area contributed by atoms with E-state index < -0.39 is 23.6 Å². The highest BCUT2D eigenvalue weighted by Crippen LogP contribution is 2.28. The molecule has 0 bridgehead atoms. The zero-order valence-corrected chi connectivity index (χ0v) is 15.4. The van der Waals surface area contributed by atoms with Crippen LogP contribution in [0.3, 0.4) is 0 Å². The van der Waals surface area contributed by atoms with Crippen molar-refractivity contribution in [3.05, 3.63) is 36.0 Å². The van der Waals surface area contributed by atoms with E-state index in [-0.39, 0.29) is 6.61 Å². The third kappa shape index (κ3) is 5.77. The fraction of sp³-hybridized carbons (Fsp3) is 0.474. The van der Waals surface area contributed by atoms with E-state index >= 15 is 0 Å². The molecule has 1 atom stereocenters. The standard InChI is InChI=1S/C19H26N2O5/c1-19(2,3)26-18(24)20-9-11-25-10-8-14(17(22)23)15-12-21-16-7-5-4-6-13(15)16/h4-7,12,14,21H,8-11H2,1-3H3,(H,20,24)(H,22,23). The number of carboxylic acids is 1. The van der Waals surface area contributed by atoms with Crippen molar-refractivity contribution in [2.45, 2.75) is 38.7 Å². The van der Waals surface area contributed by atoms with Gasteiger partial charge in [0.1, 0.15) is 5.60 Å². The van der Waals surface area contributed by atoms with Crippen molar-refractivity contribution in [1.82, 2.24) is 10.3 Å². The maximum atomic E-state index is 11.6. The lowest BCUT2D eigenvalue weighted by Gasteiger charge is -2.19. The molecule has 142 valence electrons.